The maximum Gasteiger partial charge on any atom is 0.340 e. The number of hydrogen-bond acceptors (Lipinski definition) is 6. The smallest absolute Gasteiger partial charge is 0.340 e. The zero-order chi connectivity index (χ0) is 18.8. The van der Waals surface area contributed by atoms with Crippen LogP contribution in [0.3, 0.4) is 0 Å². The number of phenolic OH excluding ortho intramolecular Hbond substituents is 1. The Kier molecular flexibility index (Phi) is 3.51. The molecule has 0 saturated heterocycles. The summed E-state index contributed by atoms with van der Waals surface area (Å²) in [6.45, 7) is 0. The lowest BCUT2D eigenvalue weighted by Crippen LogP contribution is -2.33. The summed E-state index contributed by atoms with van der Waals surface area (Å²) in [6.07, 6.45) is 0. The van der Waals surface area contributed by atoms with Gasteiger partial charge in [0.2, 0.25) is 0 Å². The van der Waals surface area contributed by atoms with Gasteiger partial charge in [0.1, 0.15) is 17.2 Å². The van der Waals surface area contributed by atoms with Crippen LogP contribution in [0.4, 0.5) is 0 Å². The molecule has 6 heteroatoms. The fraction of sp³-hybridized carbons (Fsp3) is 0.0952. The van der Waals surface area contributed by atoms with Gasteiger partial charge >= 0.3 is 5.97 Å². The van der Waals surface area contributed by atoms with E-state index in [1.165, 1.54) is 6.07 Å². The Hall–Kier alpha value is -2.57. The number of carbonyl (C=O) groups is 1. The van der Waals surface area contributed by atoms with Gasteiger partial charge in [-0.1, -0.05) is 30.3 Å². The first-order valence-corrected chi connectivity index (χ1v) is 9.39. The van der Waals surface area contributed by atoms with E-state index in [4.69, 9.17) is 9.47 Å². The number of esters is 1. The summed E-state index contributed by atoms with van der Waals surface area (Å²) in [5.74, 6) is 0.674. The van der Waals surface area contributed by atoms with Crippen molar-refractivity contribution in [3.05, 3.63) is 88.5 Å². The summed E-state index contributed by atoms with van der Waals surface area (Å²) in [6, 6.07) is 17.8. The van der Waals surface area contributed by atoms with Crippen molar-refractivity contribution >= 4 is 31.2 Å². The number of aromatic hydroxyl groups is 1. The SMILES string of the molecule is O=C1OC2(c3ccc(O)cc3Oc3cc(C(S)S)ccc32)c2ccccc21. The van der Waals surface area contributed by atoms with E-state index >= 15 is 0 Å². The number of phenols is 1. The Morgan fingerprint density at radius 1 is 0.889 bits per heavy atom. The maximum absolute atomic E-state index is 12.7. The fourth-order valence-electron chi connectivity index (χ4n) is 3.84. The minimum Gasteiger partial charge on any atom is -0.508 e. The number of rotatable bonds is 1. The van der Waals surface area contributed by atoms with Crippen molar-refractivity contribution in [3.63, 3.8) is 0 Å². The van der Waals surface area contributed by atoms with Crippen LogP contribution in [0, 0.1) is 0 Å². The Bertz CT molecular complexity index is 1110. The first-order valence-electron chi connectivity index (χ1n) is 8.35. The van der Waals surface area contributed by atoms with Crippen molar-refractivity contribution in [3.8, 4) is 17.2 Å². The lowest BCUT2D eigenvalue weighted by atomic mass is 9.77. The minimum atomic E-state index is -1.12. The van der Waals surface area contributed by atoms with Gasteiger partial charge in [-0.3, -0.25) is 0 Å². The van der Waals surface area contributed by atoms with E-state index in [-0.39, 0.29) is 16.3 Å². The van der Waals surface area contributed by atoms with Crippen LogP contribution in [0.2, 0.25) is 0 Å². The molecular weight excluding hydrogens is 380 g/mol. The predicted octanol–water partition coefficient (Wildman–Crippen LogP) is 4.82. The van der Waals surface area contributed by atoms with Crippen LogP contribution in [0.15, 0.2) is 60.7 Å². The van der Waals surface area contributed by atoms with Crippen LogP contribution in [0.1, 0.15) is 37.2 Å². The molecule has 1 N–H and O–H groups in total. The molecule has 2 aliphatic heterocycles. The largest absolute Gasteiger partial charge is 0.508 e. The van der Waals surface area contributed by atoms with Gasteiger partial charge in [0.05, 0.1) is 10.1 Å². The van der Waals surface area contributed by atoms with Crippen molar-refractivity contribution in [2.75, 3.05) is 0 Å². The average Bonchev–Trinajstić information content (AvgIpc) is 2.95. The van der Waals surface area contributed by atoms with Crippen LogP contribution >= 0.6 is 25.3 Å². The standard InChI is InChI=1S/C21H14O4S2/c22-12-6-8-16-18(10-12)24-17-9-11(20(26)27)5-7-15(17)21(16)14-4-2-1-3-13(14)19(23)25-21/h1-10,20,22,26-27H. The third kappa shape index (κ3) is 2.23. The number of hydrogen-bond donors (Lipinski definition) is 3. The van der Waals surface area contributed by atoms with Gasteiger partial charge in [-0.25, -0.2) is 4.79 Å². The Morgan fingerprint density at radius 2 is 1.59 bits per heavy atom. The molecule has 0 fully saturated rings. The molecule has 0 aromatic heterocycles. The van der Waals surface area contributed by atoms with Gasteiger partial charge in [-0.05, 0) is 29.8 Å². The molecule has 1 spiro atoms. The van der Waals surface area contributed by atoms with Crippen molar-refractivity contribution in [1.29, 1.82) is 0 Å². The van der Waals surface area contributed by atoms with Crippen LogP contribution in [-0.4, -0.2) is 11.1 Å². The number of benzene rings is 3. The Labute approximate surface area is 166 Å². The molecule has 0 bridgehead atoms. The normalized spacial score (nSPS) is 19.3. The summed E-state index contributed by atoms with van der Waals surface area (Å²) >= 11 is 8.74. The fourth-order valence-corrected chi connectivity index (χ4v) is 4.16. The van der Waals surface area contributed by atoms with E-state index in [0.717, 1.165) is 16.7 Å². The second-order valence-electron chi connectivity index (χ2n) is 6.53. The molecular formula is C21H14O4S2. The highest BCUT2D eigenvalue weighted by atomic mass is 32.2. The monoisotopic (exact) mass is 394 g/mol. The molecule has 0 aliphatic carbocycles. The number of ether oxygens (including phenoxy) is 2. The second kappa shape index (κ2) is 5.71. The zero-order valence-corrected chi connectivity index (χ0v) is 15.7. The van der Waals surface area contributed by atoms with Crippen LogP contribution in [-0.2, 0) is 10.3 Å². The van der Waals surface area contributed by atoms with E-state index in [0.29, 0.717) is 22.6 Å². The molecule has 0 radical (unpaired) electrons. The predicted molar refractivity (Wildman–Crippen MR) is 107 cm³/mol. The average molecular weight is 394 g/mol. The first kappa shape index (κ1) is 16.6. The molecule has 0 amide bonds. The second-order valence-corrected chi connectivity index (χ2v) is 7.97. The lowest BCUT2D eigenvalue weighted by Gasteiger charge is -2.36. The molecule has 134 valence electrons. The van der Waals surface area contributed by atoms with Crippen molar-refractivity contribution in [2.24, 2.45) is 0 Å². The van der Waals surface area contributed by atoms with Gasteiger partial charge in [-0.15, -0.1) is 0 Å². The van der Waals surface area contributed by atoms with E-state index in [2.05, 4.69) is 25.3 Å². The van der Waals surface area contributed by atoms with Crippen molar-refractivity contribution in [1.82, 2.24) is 0 Å². The van der Waals surface area contributed by atoms with Gasteiger partial charge in [-0.2, -0.15) is 25.3 Å². The van der Waals surface area contributed by atoms with Crippen molar-refractivity contribution in [2.45, 2.75) is 10.2 Å². The Balaban J connectivity index is 1.86. The third-order valence-corrected chi connectivity index (χ3v) is 5.62. The summed E-state index contributed by atoms with van der Waals surface area (Å²) < 4.78 is 11.8. The summed E-state index contributed by atoms with van der Waals surface area (Å²) in [5.41, 5.74) is 2.42. The zero-order valence-electron chi connectivity index (χ0n) is 13.9. The number of fused-ring (bicyclic) bond motifs is 6. The highest BCUT2D eigenvalue weighted by Crippen LogP contribution is 2.56. The van der Waals surface area contributed by atoms with Crippen LogP contribution < -0.4 is 4.74 Å². The minimum absolute atomic E-state index is 0.0716. The molecule has 5 rings (SSSR count). The molecule has 4 nitrogen and oxygen atoms in total. The summed E-state index contributed by atoms with van der Waals surface area (Å²) in [4.78, 5) is 12.7. The molecule has 2 heterocycles. The molecule has 27 heavy (non-hydrogen) atoms. The summed E-state index contributed by atoms with van der Waals surface area (Å²) in [7, 11) is 0. The quantitative estimate of drug-likeness (QED) is 0.315. The van der Waals surface area contributed by atoms with E-state index in [1.807, 2.05) is 36.4 Å². The maximum atomic E-state index is 12.7. The Morgan fingerprint density at radius 3 is 2.37 bits per heavy atom. The summed E-state index contributed by atoms with van der Waals surface area (Å²) in [5, 5.41) is 9.95. The van der Waals surface area contributed by atoms with E-state index in [1.54, 1.807) is 18.2 Å². The highest BCUT2D eigenvalue weighted by Gasteiger charge is 2.53. The van der Waals surface area contributed by atoms with Crippen LogP contribution in [0.5, 0.6) is 17.2 Å². The molecule has 2 aliphatic rings. The van der Waals surface area contributed by atoms with Gasteiger partial charge in [0.25, 0.3) is 0 Å². The molecule has 3 aromatic rings. The number of thiol groups is 2. The third-order valence-electron chi connectivity index (χ3n) is 5.02. The molecule has 1 atom stereocenters. The van der Waals surface area contributed by atoms with Gasteiger partial charge < -0.3 is 14.6 Å². The van der Waals surface area contributed by atoms with Gasteiger partial charge in [0, 0.05) is 22.8 Å². The highest BCUT2D eigenvalue weighted by molar-refractivity contribution is 7.98. The van der Waals surface area contributed by atoms with Gasteiger partial charge in [0.15, 0.2) is 5.60 Å². The van der Waals surface area contributed by atoms with E-state index in [9.17, 15) is 9.90 Å². The molecule has 3 aromatic carbocycles. The number of carbonyl (C=O) groups excluding carboxylic acids is 1. The topological polar surface area (TPSA) is 55.8 Å². The lowest BCUT2D eigenvalue weighted by molar-refractivity contribution is 0.0224. The first-order chi connectivity index (χ1) is 13.0. The van der Waals surface area contributed by atoms with Crippen LogP contribution in [0.25, 0.3) is 0 Å². The molecule has 0 saturated carbocycles. The molecule has 1 unspecified atom stereocenters. The van der Waals surface area contributed by atoms with Crippen molar-refractivity contribution < 1.29 is 19.4 Å². The van der Waals surface area contributed by atoms with E-state index < -0.39 is 5.60 Å².